The fraction of sp³-hybridized carbons (Fsp3) is 0.275. The zero-order valence-electron chi connectivity index (χ0n) is 78.6. The Balaban J connectivity index is 0.000000178. The molecule has 11 aromatic rings. The highest BCUT2D eigenvalue weighted by Crippen LogP contribution is 2.42. The molecule has 141 heavy (non-hydrogen) atoms. The summed E-state index contributed by atoms with van der Waals surface area (Å²) in [7, 11) is -0.307. The Labute approximate surface area is 859 Å². The van der Waals surface area contributed by atoms with E-state index in [2.05, 4.69) is 112 Å². The van der Waals surface area contributed by atoms with Crippen LogP contribution < -0.4 is 47.2 Å². The third-order valence-corrected chi connectivity index (χ3v) is 25.0. The van der Waals surface area contributed by atoms with E-state index in [0.717, 1.165) is 95.1 Å². The highest BCUT2D eigenvalue weighted by molar-refractivity contribution is 9.11. The molecule has 0 aliphatic carbocycles. The second kappa shape index (κ2) is 52.2. The zero-order valence-corrected chi connectivity index (χ0v) is 86.5. The van der Waals surface area contributed by atoms with Crippen LogP contribution in [0.3, 0.4) is 0 Å². The average molecular weight is 2210 g/mol. The normalized spacial score (nSPS) is 14.4. The number of benzene rings is 8. The van der Waals surface area contributed by atoms with Crippen molar-refractivity contribution in [3.05, 3.63) is 293 Å². The lowest BCUT2D eigenvalue weighted by atomic mass is 9.77. The SMILES string of the molecule is CC(=N)N1C(=N)CCc2cc(-c3cnccc3C)cc(F)c21.CC(=N)N1C(=N)CCc2cc(-c3cnccc3C)cc(F)c21.CC(=N)N1C(=N)CCc2cc(Br)cc(F)c21.Cc1ccncc1B1OC(C)(C)C(C)(C)O1.Fc1cc(Br)cc2c1NC(=S)CC2.Nc1ccccc1F.O=C(CCCl)Nc1ccccc1F.O=C(Cl)CCCl.O=C1CCc2cc(Br)cc(F)c2N1.O=C1CCc2cccc(F)c2N1. The minimum Gasteiger partial charge on any atom is -0.399 e. The van der Waals surface area contributed by atoms with E-state index in [0.29, 0.717) is 118 Å². The quantitative estimate of drug-likeness (QED) is 0.00984. The lowest BCUT2D eigenvalue weighted by Crippen LogP contribution is -2.41. The number of nitrogens with two attached hydrogens (primary N) is 1. The van der Waals surface area contributed by atoms with Crippen LogP contribution in [-0.2, 0) is 67.0 Å². The number of carbonyl (C=O) groups excluding carboxylic acids is 4. The van der Waals surface area contributed by atoms with Crippen molar-refractivity contribution in [1.82, 2.24) is 15.0 Å². The van der Waals surface area contributed by atoms with Crippen molar-refractivity contribution in [2.45, 2.75) is 170 Å². The number of aromatic nitrogens is 3. The summed E-state index contributed by atoms with van der Waals surface area (Å²) < 4.78 is 122. The standard InChI is InChI=1S/2C17H17FN4.C12H18BNO2.C11H11BrFN3.C9H7BrFNO.C9H7BrFNS.C9H9ClFNO.C9H8FNO.C6H6FN.C3H4Cl2O/c2*1-10-5-6-21-9-14(10)13-7-12-3-4-16(20)22(11(2)19)17(12)15(18)8-13;1-9-6-7-14-8-10(9)13-15-11(2,3)12(4,5)16-13;1-6(14)16-10(15)3-2-7-4-8(12)5-9(13)11(7)16;2*10-6-3-5-1-2-8(13)12-9(5)7(11)4-6;10-6-5-9(13)12-8-4-2-1-3-7(8)11;10-7-3-1-2-6-4-5-8(12)11-9(6)7;7-5-3-1-2-4-6(5)8;4-2-1-3(5)6/h2*5-9,19-20H,3-4H2,1-2H3;6-8H,1-5H3;4-5,14-15H,2-3H2,1H3;2*3-4H,1-2H2,(H,12,13);1-4H,5-6H2,(H,12,13);1-3H,4-5H2,(H,11,12);1-4H,8H2;1-2H2. The van der Waals surface area contributed by atoms with Gasteiger partial charge in [-0.2, -0.15) is 0 Å². The molecule has 0 unspecified atom stereocenters. The van der Waals surface area contributed by atoms with Gasteiger partial charge in [0.2, 0.25) is 23.0 Å². The van der Waals surface area contributed by atoms with Gasteiger partial charge in [0.15, 0.2) is 0 Å². The van der Waals surface area contributed by atoms with Gasteiger partial charge in [0, 0.05) is 130 Å². The Morgan fingerprint density at radius 2 is 0.837 bits per heavy atom. The number of aryl methyl sites for hydroxylation is 9. The van der Waals surface area contributed by atoms with E-state index in [-0.39, 0.29) is 135 Å². The van der Waals surface area contributed by atoms with Gasteiger partial charge in [0.05, 0.1) is 61.7 Å². The molecule has 0 bridgehead atoms. The molecule has 1 fully saturated rings. The molecule has 18 rings (SSSR count). The molecule has 740 valence electrons. The summed E-state index contributed by atoms with van der Waals surface area (Å²) in [5.74, 6) is -1.57. The third kappa shape index (κ3) is 31.1. The van der Waals surface area contributed by atoms with Crippen molar-refractivity contribution in [3.8, 4) is 22.3 Å². The lowest BCUT2D eigenvalue weighted by Gasteiger charge is -2.32. The van der Waals surface area contributed by atoms with E-state index < -0.39 is 17.5 Å². The molecule has 23 nitrogen and oxygen atoms in total. The molecule has 7 aliphatic rings. The summed E-state index contributed by atoms with van der Waals surface area (Å²) in [6.07, 6.45) is 18.2. The third-order valence-electron chi connectivity index (χ3n) is 22.8. The molecular weight excluding hydrogens is 2100 g/mol. The number of rotatable bonds is 8. The van der Waals surface area contributed by atoms with E-state index >= 15 is 0 Å². The van der Waals surface area contributed by atoms with E-state index in [4.69, 9.17) is 94.5 Å². The predicted octanol–water partition coefficient (Wildman–Crippen LogP) is 25.5. The van der Waals surface area contributed by atoms with Gasteiger partial charge in [-0.25, -0.2) is 35.1 Å². The number of para-hydroxylation sites is 3. The number of nitrogens with zero attached hydrogens (tertiary/aromatic N) is 6. The number of hydrogen-bond acceptors (Lipinski definition) is 17. The molecule has 12 N–H and O–H groups in total. The maximum atomic E-state index is 14.7. The van der Waals surface area contributed by atoms with Gasteiger partial charge in [-0.05, 0) is 290 Å². The van der Waals surface area contributed by atoms with Crippen LogP contribution in [0.1, 0.15) is 150 Å². The number of carbonyl (C=O) groups is 4. The first-order valence-corrected chi connectivity index (χ1v) is 48.4. The van der Waals surface area contributed by atoms with Crippen molar-refractivity contribution in [1.29, 1.82) is 32.5 Å². The lowest BCUT2D eigenvalue weighted by molar-refractivity contribution is -0.117. The summed E-state index contributed by atoms with van der Waals surface area (Å²) in [6, 6.07) is 39.4. The summed E-state index contributed by atoms with van der Waals surface area (Å²) >= 11 is 30.0. The van der Waals surface area contributed by atoms with Crippen LogP contribution >= 0.6 is 94.8 Å². The molecule has 1 saturated heterocycles. The Kier molecular flexibility index (Phi) is 41.8. The first-order chi connectivity index (χ1) is 66.7. The van der Waals surface area contributed by atoms with Gasteiger partial charge in [-0.3, -0.25) is 81.3 Å². The van der Waals surface area contributed by atoms with Crippen molar-refractivity contribution < 1.29 is 63.6 Å². The number of amidine groups is 6. The van der Waals surface area contributed by atoms with Gasteiger partial charge >= 0.3 is 7.12 Å². The Morgan fingerprint density at radius 3 is 1.25 bits per heavy atom. The number of halogens is 14. The monoisotopic (exact) mass is 2200 g/mol. The van der Waals surface area contributed by atoms with E-state index in [1.54, 1.807) is 82.1 Å². The minimum atomic E-state index is -0.439. The molecule has 8 aromatic carbocycles. The molecule has 0 radical (unpaired) electrons. The van der Waals surface area contributed by atoms with Gasteiger partial charge in [0.1, 0.15) is 81.6 Å². The second-order valence-electron chi connectivity index (χ2n) is 33.7. The molecular formula is C102H104BBr3Cl3F8N17O6S. The maximum Gasteiger partial charge on any atom is 0.496 e. The maximum absolute atomic E-state index is 14.7. The highest BCUT2D eigenvalue weighted by Gasteiger charge is 2.52. The van der Waals surface area contributed by atoms with Crippen LogP contribution in [0.2, 0.25) is 0 Å². The summed E-state index contributed by atoms with van der Waals surface area (Å²) in [5, 5.41) is 56.9. The topological polar surface area (TPSA) is 352 Å². The molecule has 0 atom stereocenters. The van der Waals surface area contributed by atoms with Crippen LogP contribution in [0.15, 0.2) is 196 Å². The van der Waals surface area contributed by atoms with Crippen molar-refractivity contribution >= 4 is 216 Å². The van der Waals surface area contributed by atoms with Crippen molar-refractivity contribution in [2.24, 2.45) is 0 Å². The highest BCUT2D eigenvalue weighted by atomic mass is 79.9. The number of pyridine rings is 3. The molecule has 3 aromatic heterocycles. The van der Waals surface area contributed by atoms with Crippen LogP contribution in [0.5, 0.6) is 0 Å². The Hall–Kier alpha value is -11.9. The van der Waals surface area contributed by atoms with E-state index in [1.807, 2.05) is 81.6 Å². The van der Waals surface area contributed by atoms with Gasteiger partial charge in [-0.15, -0.1) is 23.2 Å². The summed E-state index contributed by atoms with van der Waals surface area (Å²) in [5.41, 5.74) is 20.1. The zero-order chi connectivity index (χ0) is 104. The molecule has 39 heteroatoms. The Bertz CT molecular complexity index is 6310. The largest absolute Gasteiger partial charge is 0.496 e. The Morgan fingerprint density at radius 1 is 0.461 bits per heavy atom. The predicted molar refractivity (Wildman–Crippen MR) is 564 cm³/mol. The number of hydrogen-bond donors (Lipinski definition) is 11. The van der Waals surface area contributed by atoms with E-state index in [9.17, 15) is 54.3 Å². The second-order valence-corrected chi connectivity index (χ2v) is 38.1. The number of amides is 3. The summed E-state index contributed by atoms with van der Waals surface area (Å²) in [6.45, 7) is 18.9. The van der Waals surface area contributed by atoms with Gasteiger partial charge in [0.25, 0.3) is 0 Å². The first kappa shape index (κ1) is 113. The average Bonchev–Trinajstić information content (AvgIpc) is 1.62. The number of anilines is 8. The molecule has 10 heterocycles. The fourth-order valence-electron chi connectivity index (χ4n) is 15.0. The molecule has 7 aliphatic heterocycles. The first-order valence-electron chi connectivity index (χ1n) is 44.2. The van der Waals surface area contributed by atoms with Gasteiger partial charge in [-0.1, -0.05) is 96.4 Å². The molecule has 0 saturated carbocycles. The van der Waals surface area contributed by atoms with Gasteiger partial charge < -0.3 is 36.3 Å². The minimum absolute atomic E-state index is 0.104. The van der Waals surface area contributed by atoms with Crippen LogP contribution in [0.25, 0.3) is 22.3 Å². The van der Waals surface area contributed by atoms with Crippen LogP contribution in [-0.4, -0.2) is 108 Å². The van der Waals surface area contributed by atoms with Crippen LogP contribution in [0, 0.1) is 99.8 Å². The number of fused-ring (bicyclic) bond motifs is 6. The van der Waals surface area contributed by atoms with E-state index in [1.165, 1.54) is 75.4 Å². The number of alkyl halides is 2. The summed E-state index contributed by atoms with van der Waals surface area (Å²) in [4.78, 5) is 59.8. The number of nitrogen functional groups attached to an aromatic ring is 1. The van der Waals surface area contributed by atoms with Crippen LogP contribution in [0.4, 0.5) is 80.6 Å². The fourth-order valence-corrected chi connectivity index (χ4v) is 17.2. The number of thiocarbonyl (C=S) groups is 1. The molecule has 3 amide bonds. The smallest absolute Gasteiger partial charge is 0.399 e. The van der Waals surface area contributed by atoms with Crippen molar-refractivity contribution in [3.63, 3.8) is 0 Å². The number of nitrogens with one attached hydrogen (secondary N) is 10. The molecule has 0 spiro atoms. The van der Waals surface area contributed by atoms with Crippen molar-refractivity contribution in [2.75, 3.05) is 53.5 Å².